The molecule has 0 bridgehead atoms. The largest absolute Gasteiger partial charge is 0.481 e. The lowest BCUT2D eigenvalue weighted by Crippen LogP contribution is -2.34. The number of amides is 2. The van der Waals surface area contributed by atoms with E-state index in [0.717, 1.165) is 6.42 Å². The van der Waals surface area contributed by atoms with Crippen LogP contribution in [0, 0.1) is 11.8 Å². The third-order valence-corrected chi connectivity index (χ3v) is 6.30. The predicted octanol–water partition coefficient (Wildman–Crippen LogP) is 4.95. The molecule has 2 aromatic rings. The first kappa shape index (κ1) is 26.3. The molecule has 0 spiro atoms. The van der Waals surface area contributed by atoms with Crippen LogP contribution in [0.15, 0.2) is 48.5 Å². The van der Waals surface area contributed by atoms with E-state index in [0.29, 0.717) is 38.3 Å². The van der Waals surface area contributed by atoms with Crippen molar-refractivity contribution in [2.24, 2.45) is 11.8 Å². The zero-order valence-electron chi connectivity index (χ0n) is 20.6. The van der Waals surface area contributed by atoms with Crippen LogP contribution >= 0.6 is 0 Å². The molecule has 0 radical (unpaired) electrons. The summed E-state index contributed by atoms with van der Waals surface area (Å²) in [5, 5.41) is 14.4. The summed E-state index contributed by atoms with van der Waals surface area (Å²) in [5.41, 5.74) is 4.70. The number of carboxylic acid groups (broad SMARTS) is 1. The van der Waals surface area contributed by atoms with Crippen LogP contribution in [0.3, 0.4) is 0 Å². The van der Waals surface area contributed by atoms with Crippen LogP contribution in [0.5, 0.6) is 0 Å². The summed E-state index contributed by atoms with van der Waals surface area (Å²) in [6, 6.07) is 16.4. The lowest BCUT2D eigenvalue weighted by molar-refractivity contribution is -0.137. The topological polar surface area (TPSA) is 105 Å². The Hall–Kier alpha value is -3.35. The number of hydrogen-bond donors (Lipinski definition) is 3. The molecule has 1 aliphatic carbocycles. The minimum absolute atomic E-state index is 0.00509. The Balaban J connectivity index is 1.47. The molecule has 3 N–H and O–H groups in total. The minimum Gasteiger partial charge on any atom is -0.481 e. The standard InChI is InChI=1S/C28H36N2O5/c1-19(2)15-20(16-26(31)29-14-8-7-13-27(32)33)17-30-28(34)35-18-25-23-11-5-3-9-21(23)22-10-4-6-12-24(22)25/h3-6,9-12,19-20,25H,7-8,13-18H2,1-2H3,(H,29,31)(H,30,34)(H,32,33). The molecule has 0 aromatic heterocycles. The highest BCUT2D eigenvalue weighted by Gasteiger charge is 2.29. The van der Waals surface area contributed by atoms with Crippen molar-refractivity contribution < 1.29 is 24.2 Å². The molecule has 1 atom stereocenters. The fourth-order valence-corrected chi connectivity index (χ4v) is 4.75. The lowest BCUT2D eigenvalue weighted by Gasteiger charge is -2.20. The number of ether oxygens (including phenoxy) is 1. The number of hydrogen-bond acceptors (Lipinski definition) is 4. The van der Waals surface area contributed by atoms with E-state index in [1.54, 1.807) is 0 Å². The molecular formula is C28H36N2O5. The molecule has 0 aliphatic heterocycles. The highest BCUT2D eigenvalue weighted by molar-refractivity contribution is 5.79. The Morgan fingerprint density at radius 2 is 1.57 bits per heavy atom. The molecule has 7 heteroatoms. The van der Waals surface area contributed by atoms with Gasteiger partial charge in [0.15, 0.2) is 0 Å². The van der Waals surface area contributed by atoms with Crippen molar-refractivity contribution >= 4 is 18.0 Å². The molecule has 2 amide bonds. The smallest absolute Gasteiger partial charge is 0.407 e. The van der Waals surface area contributed by atoms with Crippen LogP contribution in [0.25, 0.3) is 11.1 Å². The number of carboxylic acids is 1. The maximum Gasteiger partial charge on any atom is 0.407 e. The summed E-state index contributed by atoms with van der Waals surface area (Å²) in [4.78, 5) is 35.4. The van der Waals surface area contributed by atoms with Gasteiger partial charge in [0.05, 0.1) is 0 Å². The normalized spacial score (nSPS) is 13.1. The first-order valence-corrected chi connectivity index (χ1v) is 12.4. The van der Waals surface area contributed by atoms with Crippen molar-refractivity contribution in [1.29, 1.82) is 0 Å². The van der Waals surface area contributed by atoms with Gasteiger partial charge in [0, 0.05) is 31.8 Å². The number of nitrogens with one attached hydrogen (secondary N) is 2. The van der Waals surface area contributed by atoms with E-state index in [2.05, 4.69) is 48.7 Å². The van der Waals surface area contributed by atoms with Crippen LogP contribution in [0.4, 0.5) is 4.79 Å². The van der Waals surface area contributed by atoms with Crippen LogP contribution in [-0.2, 0) is 14.3 Å². The van der Waals surface area contributed by atoms with E-state index in [9.17, 15) is 14.4 Å². The Kier molecular flexibility index (Phi) is 9.70. The summed E-state index contributed by atoms with van der Waals surface area (Å²) in [6.07, 6.45) is 1.90. The van der Waals surface area contributed by atoms with Gasteiger partial charge in [-0.3, -0.25) is 9.59 Å². The molecule has 0 fully saturated rings. The molecule has 35 heavy (non-hydrogen) atoms. The van der Waals surface area contributed by atoms with Crippen LogP contribution in [0.2, 0.25) is 0 Å². The van der Waals surface area contributed by atoms with Gasteiger partial charge in [-0.2, -0.15) is 0 Å². The highest BCUT2D eigenvalue weighted by Crippen LogP contribution is 2.44. The van der Waals surface area contributed by atoms with Crippen LogP contribution in [-0.4, -0.2) is 42.8 Å². The maximum atomic E-state index is 12.5. The third kappa shape index (κ3) is 7.84. The quantitative estimate of drug-likeness (QED) is 0.352. The van der Waals surface area contributed by atoms with E-state index in [4.69, 9.17) is 9.84 Å². The van der Waals surface area contributed by atoms with E-state index in [1.807, 2.05) is 24.3 Å². The van der Waals surface area contributed by atoms with Gasteiger partial charge >= 0.3 is 12.1 Å². The van der Waals surface area contributed by atoms with E-state index in [-0.39, 0.29) is 30.8 Å². The summed E-state index contributed by atoms with van der Waals surface area (Å²) in [5.74, 6) is -0.526. The molecular weight excluding hydrogens is 444 g/mol. The highest BCUT2D eigenvalue weighted by atomic mass is 16.5. The molecule has 188 valence electrons. The second-order valence-electron chi connectivity index (χ2n) is 9.61. The number of alkyl carbamates (subject to hydrolysis) is 1. The van der Waals surface area contributed by atoms with Gasteiger partial charge in [-0.1, -0.05) is 62.4 Å². The Labute approximate surface area is 207 Å². The van der Waals surface area contributed by atoms with Gasteiger partial charge in [-0.05, 0) is 53.4 Å². The predicted molar refractivity (Wildman–Crippen MR) is 135 cm³/mol. The van der Waals surface area contributed by atoms with Crippen LogP contribution in [0.1, 0.15) is 63.0 Å². The Bertz CT molecular complexity index is 974. The molecule has 1 aliphatic rings. The summed E-state index contributed by atoms with van der Waals surface area (Å²) >= 11 is 0. The Morgan fingerprint density at radius 1 is 0.943 bits per heavy atom. The number of unbranched alkanes of at least 4 members (excludes halogenated alkanes) is 1. The lowest BCUT2D eigenvalue weighted by atomic mass is 9.93. The van der Waals surface area contributed by atoms with Crippen molar-refractivity contribution in [1.82, 2.24) is 10.6 Å². The van der Waals surface area contributed by atoms with Crippen LogP contribution < -0.4 is 10.6 Å². The molecule has 3 rings (SSSR count). The fraction of sp³-hybridized carbons (Fsp3) is 0.464. The van der Waals surface area contributed by atoms with Gasteiger partial charge in [-0.25, -0.2) is 4.79 Å². The van der Waals surface area contributed by atoms with E-state index in [1.165, 1.54) is 22.3 Å². The average molecular weight is 481 g/mol. The second-order valence-corrected chi connectivity index (χ2v) is 9.61. The fourth-order valence-electron chi connectivity index (χ4n) is 4.75. The van der Waals surface area contributed by atoms with Gasteiger partial charge in [-0.15, -0.1) is 0 Å². The summed E-state index contributed by atoms with van der Waals surface area (Å²) < 4.78 is 5.61. The van der Waals surface area contributed by atoms with Crippen molar-refractivity contribution in [3.05, 3.63) is 59.7 Å². The molecule has 7 nitrogen and oxygen atoms in total. The minimum atomic E-state index is -0.826. The van der Waals surface area contributed by atoms with Crippen molar-refractivity contribution in [3.63, 3.8) is 0 Å². The summed E-state index contributed by atoms with van der Waals surface area (Å²) in [7, 11) is 0. The molecule has 0 heterocycles. The van der Waals surface area contributed by atoms with E-state index >= 15 is 0 Å². The molecule has 1 unspecified atom stereocenters. The maximum absolute atomic E-state index is 12.5. The number of rotatable bonds is 13. The van der Waals surface area contributed by atoms with Crippen molar-refractivity contribution in [2.45, 2.75) is 51.9 Å². The molecule has 0 saturated heterocycles. The van der Waals surface area contributed by atoms with Crippen molar-refractivity contribution in [2.75, 3.05) is 19.7 Å². The SMILES string of the molecule is CC(C)CC(CNC(=O)OCC1c2ccccc2-c2ccccc21)CC(=O)NCCCCC(=O)O. The van der Waals surface area contributed by atoms with Gasteiger partial charge < -0.3 is 20.5 Å². The zero-order chi connectivity index (χ0) is 25.2. The van der Waals surface area contributed by atoms with Gasteiger partial charge in [0.25, 0.3) is 0 Å². The first-order chi connectivity index (χ1) is 16.8. The van der Waals surface area contributed by atoms with Gasteiger partial charge in [0.1, 0.15) is 6.61 Å². The first-order valence-electron chi connectivity index (χ1n) is 12.4. The van der Waals surface area contributed by atoms with Crippen molar-refractivity contribution in [3.8, 4) is 11.1 Å². The van der Waals surface area contributed by atoms with Gasteiger partial charge in [0.2, 0.25) is 5.91 Å². The monoisotopic (exact) mass is 480 g/mol. The van der Waals surface area contributed by atoms with E-state index < -0.39 is 12.1 Å². The zero-order valence-corrected chi connectivity index (χ0v) is 20.6. The number of aliphatic carboxylic acids is 1. The Morgan fingerprint density at radius 3 is 2.17 bits per heavy atom. The third-order valence-electron chi connectivity index (χ3n) is 6.30. The second kappa shape index (κ2) is 12.9. The average Bonchev–Trinajstić information content (AvgIpc) is 3.14. The number of carbonyl (C=O) groups is 3. The molecule has 0 saturated carbocycles. The number of carbonyl (C=O) groups excluding carboxylic acids is 2. The number of benzene rings is 2. The molecule has 2 aromatic carbocycles. The summed E-state index contributed by atoms with van der Waals surface area (Å²) in [6.45, 7) is 5.25. The number of fused-ring (bicyclic) bond motifs is 3.